The van der Waals surface area contributed by atoms with Gasteiger partial charge in [-0.25, -0.2) is 0 Å². The molecule has 1 aromatic rings. The average Bonchev–Trinajstić information content (AvgIpc) is 2.37. The number of nitrogens with zero attached hydrogens (tertiary/aromatic N) is 1. The van der Waals surface area contributed by atoms with Crippen LogP contribution in [0.5, 0.6) is 5.75 Å². The van der Waals surface area contributed by atoms with Gasteiger partial charge in [-0.15, -0.1) is 0 Å². The molecule has 1 aliphatic rings. The molecule has 0 bridgehead atoms. The monoisotopic (exact) mass is 276 g/mol. The molecule has 3 nitrogen and oxygen atoms in total. The van der Waals surface area contributed by atoms with Gasteiger partial charge in [0.25, 0.3) is 0 Å². The van der Waals surface area contributed by atoms with Crippen molar-refractivity contribution in [2.45, 2.75) is 46.6 Å². The van der Waals surface area contributed by atoms with Gasteiger partial charge >= 0.3 is 0 Å². The van der Waals surface area contributed by atoms with Gasteiger partial charge in [0.05, 0.1) is 0 Å². The van der Waals surface area contributed by atoms with E-state index in [4.69, 9.17) is 0 Å². The number of hydrogen-bond donors (Lipinski definition) is 2. The first-order valence-corrected chi connectivity index (χ1v) is 7.75. The number of anilines is 1. The highest BCUT2D eigenvalue weighted by molar-refractivity contribution is 5.57. The lowest BCUT2D eigenvalue weighted by atomic mass is 10.0. The third kappa shape index (κ3) is 3.89. The molecule has 0 atom stereocenters. The fourth-order valence-corrected chi connectivity index (χ4v) is 2.95. The zero-order valence-corrected chi connectivity index (χ0v) is 13.2. The molecule has 0 amide bonds. The van der Waals surface area contributed by atoms with Crippen molar-refractivity contribution >= 4 is 5.69 Å². The fourth-order valence-electron chi connectivity index (χ4n) is 2.95. The molecule has 3 heteroatoms. The van der Waals surface area contributed by atoms with Crippen molar-refractivity contribution in [2.75, 3.05) is 25.0 Å². The second-order valence-electron chi connectivity index (χ2n) is 6.57. The molecule has 20 heavy (non-hydrogen) atoms. The lowest BCUT2D eigenvalue weighted by Crippen LogP contribution is -2.40. The first kappa shape index (κ1) is 15.2. The van der Waals surface area contributed by atoms with Crippen molar-refractivity contribution < 1.29 is 5.11 Å². The lowest BCUT2D eigenvalue weighted by Gasteiger charge is -2.34. The third-order valence-electron chi connectivity index (χ3n) is 4.11. The summed E-state index contributed by atoms with van der Waals surface area (Å²) < 4.78 is 0. The molecule has 1 heterocycles. The lowest BCUT2D eigenvalue weighted by molar-refractivity contribution is 0.198. The number of aromatic hydroxyl groups is 1. The van der Waals surface area contributed by atoms with Crippen molar-refractivity contribution in [3.8, 4) is 5.75 Å². The van der Waals surface area contributed by atoms with Crippen LogP contribution in [0.1, 0.15) is 37.8 Å². The summed E-state index contributed by atoms with van der Waals surface area (Å²) in [6.07, 6.45) is 2.40. The molecule has 0 spiro atoms. The standard InChI is InChI=1S/C17H28N2O/c1-12(2)11-19-7-5-15(6-8-19)18-16-9-14(4)17(20)10-13(16)3/h9-10,12,15,18,20H,5-8,11H2,1-4H3. The van der Waals surface area contributed by atoms with Gasteiger partial charge in [0.15, 0.2) is 0 Å². The zero-order valence-electron chi connectivity index (χ0n) is 13.2. The minimum atomic E-state index is 0.389. The van der Waals surface area contributed by atoms with E-state index < -0.39 is 0 Å². The maximum atomic E-state index is 9.71. The van der Waals surface area contributed by atoms with E-state index in [-0.39, 0.29) is 0 Å². The smallest absolute Gasteiger partial charge is 0.118 e. The molecule has 112 valence electrons. The summed E-state index contributed by atoms with van der Waals surface area (Å²) in [6.45, 7) is 12.2. The Kier molecular flexibility index (Phi) is 4.92. The van der Waals surface area contributed by atoms with Crippen LogP contribution in [0, 0.1) is 19.8 Å². The van der Waals surface area contributed by atoms with Crippen LogP contribution in [0.25, 0.3) is 0 Å². The predicted molar refractivity (Wildman–Crippen MR) is 85.5 cm³/mol. The molecule has 2 rings (SSSR count). The third-order valence-corrected chi connectivity index (χ3v) is 4.11. The van der Waals surface area contributed by atoms with Crippen LogP contribution in [-0.4, -0.2) is 35.7 Å². The number of aryl methyl sites for hydroxylation is 2. The van der Waals surface area contributed by atoms with E-state index in [2.05, 4.69) is 37.1 Å². The topological polar surface area (TPSA) is 35.5 Å². The van der Waals surface area contributed by atoms with Crippen molar-refractivity contribution in [2.24, 2.45) is 5.92 Å². The van der Waals surface area contributed by atoms with Crippen LogP contribution in [0.3, 0.4) is 0 Å². The summed E-state index contributed by atoms with van der Waals surface area (Å²) >= 11 is 0. The Bertz CT molecular complexity index is 449. The summed E-state index contributed by atoms with van der Waals surface area (Å²) in [5, 5.41) is 13.4. The normalized spacial score (nSPS) is 17.6. The first-order valence-electron chi connectivity index (χ1n) is 7.75. The molecule has 1 aliphatic heterocycles. The molecule has 0 unspecified atom stereocenters. The molecule has 0 aromatic heterocycles. The second kappa shape index (κ2) is 6.49. The van der Waals surface area contributed by atoms with Crippen LogP contribution in [-0.2, 0) is 0 Å². The highest BCUT2D eigenvalue weighted by Crippen LogP contribution is 2.27. The second-order valence-corrected chi connectivity index (χ2v) is 6.57. The van der Waals surface area contributed by atoms with Crippen molar-refractivity contribution in [3.63, 3.8) is 0 Å². The number of nitrogens with one attached hydrogen (secondary N) is 1. The van der Waals surface area contributed by atoms with E-state index in [1.165, 1.54) is 38.2 Å². The SMILES string of the molecule is Cc1cc(NC2CCN(CC(C)C)CC2)c(C)cc1O. The molecule has 2 N–H and O–H groups in total. The largest absolute Gasteiger partial charge is 0.508 e. The van der Waals surface area contributed by atoms with Crippen LogP contribution in [0.15, 0.2) is 12.1 Å². The van der Waals surface area contributed by atoms with E-state index in [0.29, 0.717) is 11.8 Å². The van der Waals surface area contributed by atoms with Gasteiger partial charge in [-0.1, -0.05) is 13.8 Å². The maximum Gasteiger partial charge on any atom is 0.118 e. The van der Waals surface area contributed by atoms with Crippen molar-refractivity contribution in [1.82, 2.24) is 4.90 Å². The molecule has 0 aliphatic carbocycles. The van der Waals surface area contributed by atoms with E-state index >= 15 is 0 Å². The molecule has 1 fully saturated rings. The van der Waals surface area contributed by atoms with Crippen molar-refractivity contribution in [3.05, 3.63) is 23.3 Å². The summed E-state index contributed by atoms with van der Waals surface area (Å²) in [5.41, 5.74) is 3.23. The highest BCUT2D eigenvalue weighted by Gasteiger charge is 2.20. The van der Waals surface area contributed by atoms with Gasteiger partial charge in [0.1, 0.15) is 5.75 Å². The van der Waals surface area contributed by atoms with E-state index in [1.54, 1.807) is 0 Å². The summed E-state index contributed by atoms with van der Waals surface area (Å²) in [4.78, 5) is 2.57. The molecule has 0 radical (unpaired) electrons. The Morgan fingerprint density at radius 2 is 1.85 bits per heavy atom. The quantitative estimate of drug-likeness (QED) is 0.826. The number of phenolic OH excluding ortho intramolecular Hbond substituents is 1. The Balaban J connectivity index is 1.91. The maximum absolute atomic E-state index is 9.71. The van der Waals surface area contributed by atoms with Crippen molar-refractivity contribution in [1.29, 1.82) is 0 Å². The molecule has 1 aromatic carbocycles. The Morgan fingerprint density at radius 3 is 2.45 bits per heavy atom. The number of benzene rings is 1. The van der Waals surface area contributed by atoms with Gasteiger partial charge in [-0.05, 0) is 55.9 Å². The van der Waals surface area contributed by atoms with Crippen LogP contribution >= 0.6 is 0 Å². The molecular formula is C17H28N2O. The van der Waals surface area contributed by atoms with Gasteiger partial charge in [0.2, 0.25) is 0 Å². The molecule has 0 saturated carbocycles. The Hall–Kier alpha value is -1.22. The highest BCUT2D eigenvalue weighted by atomic mass is 16.3. The number of phenols is 1. The summed E-state index contributed by atoms with van der Waals surface area (Å²) in [7, 11) is 0. The number of hydrogen-bond acceptors (Lipinski definition) is 3. The number of rotatable bonds is 4. The molecular weight excluding hydrogens is 248 g/mol. The van der Waals surface area contributed by atoms with Gasteiger partial charge in [0, 0.05) is 31.4 Å². The minimum absolute atomic E-state index is 0.389. The summed E-state index contributed by atoms with van der Waals surface area (Å²) in [6, 6.07) is 4.47. The van der Waals surface area contributed by atoms with E-state index in [1.807, 2.05) is 13.0 Å². The van der Waals surface area contributed by atoms with Crippen LogP contribution in [0.2, 0.25) is 0 Å². The average molecular weight is 276 g/mol. The predicted octanol–water partition coefficient (Wildman–Crippen LogP) is 3.54. The van der Waals surface area contributed by atoms with Gasteiger partial charge in [-0.3, -0.25) is 0 Å². The summed E-state index contributed by atoms with van der Waals surface area (Å²) in [5.74, 6) is 1.14. The first-order chi connectivity index (χ1) is 9.45. The van der Waals surface area contributed by atoms with E-state index in [9.17, 15) is 5.11 Å². The Morgan fingerprint density at radius 1 is 1.20 bits per heavy atom. The molecule has 1 saturated heterocycles. The van der Waals surface area contributed by atoms with E-state index in [0.717, 1.165) is 17.0 Å². The van der Waals surface area contributed by atoms with Gasteiger partial charge in [-0.2, -0.15) is 0 Å². The number of piperidine rings is 1. The minimum Gasteiger partial charge on any atom is -0.508 e. The number of likely N-dealkylation sites (tertiary alicyclic amines) is 1. The fraction of sp³-hybridized carbons (Fsp3) is 0.647. The Labute approximate surface area is 123 Å². The van der Waals surface area contributed by atoms with Crippen LogP contribution < -0.4 is 5.32 Å². The zero-order chi connectivity index (χ0) is 14.7. The van der Waals surface area contributed by atoms with Gasteiger partial charge < -0.3 is 15.3 Å². The van der Waals surface area contributed by atoms with Crippen LogP contribution in [0.4, 0.5) is 5.69 Å².